The van der Waals surface area contributed by atoms with Crippen LogP contribution in [0.15, 0.2) is 36.4 Å². The fourth-order valence-corrected chi connectivity index (χ4v) is 2.46. The first-order chi connectivity index (χ1) is 8.61. The summed E-state index contributed by atoms with van der Waals surface area (Å²) in [5.74, 6) is -0.0526. The SMILES string of the molecule is Cc1ccc(C(=O)N(C)c2cccc(C#N)c2)s1. The summed E-state index contributed by atoms with van der Waals surface area (Å²) in [6.07, 6.45) is 0. The average Bonchev–Trinajstić information content (AvgIpc) is 2.83. The van der Waals surface area contributed by atoms with Crippen LogP contribution in [0, 0.1) is 18.3 Å². The van der Waals surface area contributed by atoms with Crippen LogP contribution in [0.2, 0.25) is 0 Å². The van der Waals surface area contributed by atoms with Crippen molar-refractivity contribution in [2.75, 3.05) is 11.9 Å². The van der Waals surface area contributed by atoms with Gasteiger partial charge in [0.1, 0.15) is 0 Å². The van der Waals surface area contributed by atoms with Crippen molar-refractivity contribution in [1.29, 1.82) is 5.26 Å². The van der Waals surface area contributed by atoms with Crippen molar-refractivity contribution < 1.29 is 4.79 Å². The normalized spacial score (nSPS) is 9.83. The highest BCUT2D eigenvalue weighted by atomic mass is 32.1. The second-order valence-electron chi connectivity index (χ2n) is 3.94. The third kappa shape index (κ3) is 2.41. The largest absolute Gasteiger partial charge is 0.311 e. The molecule has 0 unspecified atom stereocenters. The predicted octanol–water partition coefficient (Wildman–Crippen LogP) is 3.20. The van der Waals surface area contributed by atoms with Crippen molar-refractivity contribution >= 4 is 22.9 Å². The van der Waals surface area contributed by atoms with Crippen LogP contribution < -0.4 is 4.90 Å². The van der Waals surface area contributed by atoms with E-state index in [-0.39, 0.29) is 5.91 Å². The Balaban J connectivity index is 2.28. The van der Waals surface area contributed by atoms with E-state index in [1.54, 1.807) is 30.1 Å². The Morgan fingerprint density at radius 1 is 1.33 bits per heavy atom. The quantitative estimate of drug-likeness (QED) is 0.828. The molecule has 0 aliphatic heterocycles. The average molecular weight is 256 g/mol. The van der Waals surface area contributed by atoms with Gasteiger partial charge < -0.3 is 4.90 Å². The van der Waals surface area contributed by atoms with Crippen LogP contribution in [0.5, 0.6) is 0 Å². The van der Waals surface area contributed by atoms with E-state index in [1.165, 1.54) is 11.3 Å². The first-order valence-corrected chi connectivity index (χ1v) is 6.28. The van der Waals surface area contributed by atoms with Gasteiger partial charge in [-0.05, 0) is 37.3 Å². The molecule has 3 nitrogen and oxygen atoms in total. The Kier molecular flexibility index (Phi) is 3.45. The topological polar surface area (TPSA) is 44.1 Å². The Bertz CT molecular complexity index is 625. The van der Waals surface area contributed by atoms with Crippen molar-refractivity contribution in [2.45, 2.75) is 6.92 Å². The Labute approximate surface area is 110 Å². The number of anilines is 1. The minimum atomic E-state index is -0.0526. The van der Waals surface area contributed by atoms with Crippen LogP contribution in [0.1, 0.15) is 20.1 Å². The Morgan fingerprint density at radius 3 is 2.72 bits per heavy atom. The third-order valence-electron chi connectivity index (χ3n) is 2.62. The predicted molar refractivity (Wildman–Crippen MR) is 72.9 cm³/mol. The van der Waals surface area contributed by atoms with Crippen LogP contribution >= 0.6 is 11.3 Å². The molecule has 0 aliphatic carbocycles. The van der Waals surface area contributed by atoms with Gasteiger partial charge in [0.05, 0.1) is 16.5 Å². The van der Waals surface area contributed by atoms with E-state index < -0.39 is 0 Å². The standard InChI is InChI=1S/C14H12N2OS/c1-10-6-7-13(18-10)14(17)16(2)12-5-3-4-11(8-12)9-15/h3-8H,1-2H3. The lowest BCUT2D eigenvalue weighted by atomic mass is 10.2. The van der Waals surface area contributed by atoms with Gasteiger partial charge in [0, 0.05) is 17.6 Å². The van der Waals surface area contributed by atoms with Gasteiger partial charge in [-0.2, -0.15) is 5.26 Å². The zero-order chi connectivity index (χ0) is 13.1. The number of nitrogens with zero attached hydrogens (tertiary/aromatic N) is 2. The van der Waals surface area contributed by atoms with Gasteiger partial charge in [0.15, 0.2) is 0 Å². The number of benzene rings is 1. The van der Waals surface area contributed by atoms with Gasteiger partial charge in [0.25, 0.3) is 5.91 Å². The molecular formula is C14H12N2OS. The molecule has 1 amide bonds. The summed E-state index contributed by atoms with van der Waals surface area (Å²) in [4.78, 5) is 15.6. The van der Waals surface area contributed by atoms with E-state index in [9.17, 15) is 4.79 Å². The summed E-state index contributed by atoms with van der Waals surface area (Å²) in [5.41, 5.74) is 1.28. The van der Waals surface area contributed by atoms with Crippen LogP contribution in [-0.2, 0) is 0 Å². The zero-order valence-electron chi connectivity index (χ0n) is 10.2. The molecule has 2 rings (SSSR count). The van der Waals surface area contributed by atoms with Gasteiger partial charge >= 0.3 is 0 Å². The number of hydrogen-bond acceptors (Lipinski definition) is 3. The Hall–Kier alpha value is -2.12. The van der Waals surface area contributed by atoms with Crippen molar-refractivity contribution in [3.63, 3.8) is 0 Å². The lowest BCUT2D eigenvalue weighted by molar-refractivity contribution is 0.0997. The third-order valence-corrected chi connectivity index (χ3v) is 3.61. The number of carbonyl (C=O) groups excluding carboxylic acids is 1. The first-order valence-electron chi connectivity index (χ1n) is 5.46. The monoisotopic (exact) mass is 256 g/mol. The van der Waals surface area contributed by atoms with E-state index in [0.717, 1.165) is 10.6 Å². The van der Waals surface area contributed by atoms with Gasteiger partial charge in [-0.15, -0.1) is 11.3 Å². The Morgan fingerprint density at radius 2 is 2.11 bits per heavy atom. The van der Waals surface area contributed by atoms with Gasteiger partial charge in [-0.3, -0.25) is 4.79 Å². The molecule has 2 aromatic rings. The van der Waals surface area contributed by atoms with E-state index in [4.69, 9.17) is 5.26 Å². The number of aryl methyl sites for hydroxylation is 1. The second-order valence-corrected chi connectivity index (χ2v) is 5.22. The molecule has 4 heteroatoms. The number of carbonyl (C=O) groups is 1. The molecule has 0 saturated heterocycles. The van der Waals surface area contributed by atoms with E-state index in [0.29, 0.717) is 10.4 Å². The number of nitriles is 1. The fourth-order valence-electron chi connectivity index (χ4n) is 1.62. The summed E-state index contributed by atoms with van der Waals surface area (Å²) in [6.45, 7) is 1.97. The summed E-state index contributed by atoms with van der Waals surface area (Å²) in [5, 5.41) is 8.85. The van der Waals surface area contributed by atoms with E-state index in [2.05, 4.69) is 6.07 Å². The molecule has 0 N–H and O–H groups in total. The highest BCUT2D eigenvalue weighted by molar-refractivity contribution is 7.14. The molecule has 1 aromatic heterocycles. The van der Waals surface area contributed by atoms with Crippen molar-refractivity contribution in [3.8, 4) is 6.07 Å². The van der Waals surface area contributed by atoms with Gasteiger partial charge in [-0.25, -0.2) is 0 Å². The highest BCUT2D eigenvalue weighted by Gasteiger charge is 2.15. The van der Waals surface area contributed by atoms with Crippen molar-refractivity contribution in [3.05, 3.63) is 51.7 Å². The summed E-state index contributed by atoms with van der Waals surface area (Å²) in [7, 11) is 1.72. The van der Waals surface area contributed by atoms with E-state index >= 15 is 0 Å². The molecule has 0 radical (unpaired) electrons. The maximum Gasteiger partial charge on any atom is 0.268 e. The molecule has 18 heavy (non-hydrogen) atoms. The van der Waals surface area contributed by atoms with Gasteiger partial charge in [0.2, 0.25) is 0 Å². The van der Waals surface area contributed by atoms with Crippen LogP contribution in [0.4, 0.5) is 5.69 Å². The molecular weight excluding hydrogens is 244 g/mol. The molecule has 0 bridgehead atoms. The van der Waals surface area contributed by atoms with Crippen LogP contribution in [0.25, 0.3) is 0 Å². The maximum absolute atomic E-state index is 12.2. The molecule has 0 fully saturated rings. The number of amides is 1. The zero-order valence-corrected chi connectivity index (χ0v) is 11.0. The molecule has 0 spiro atoms. The van der Waals surface area contributed by atoms with Crippen molar-refractivity contribution in [1.82, 2.24) is 0 Å². The molecule has 0 atom stereocenters. The molecule has 0 saturated carbocycles. The molecule has 0 aliphatic rings. The minimum absolute atomic E-state index is 0.0526. The van der Waals surface area contributed by atoms with Crippen LogP contribution in [-0.4, -0.2) is 13.0 Å². The number of thiophene rings is 1. The summed E-state index contributed by atoms with van der Waals surface area (Å²) < 4.78 is 0. The summed E-state index contributed by atoms with van der Waals surface area (Å²) in [6, 6.07) is 12.8. The lowest BCUT2D eigenvalue weighted by Gasteiger charge is -2.16. The molecule has 1 heterocycles. The van der Waals surface area contributed by atoms with E-state index in [1.807, 2.05) is 25.1 Å². The number of rotatable bonds is 2. The lowest BCUT2D eigenvalue weighted by Crippen LogP contribution is -2.25. The molecule has 1 aromatic carbocycles. The molecule has 90 valence electrons. The van der Waals surface area contributed by atoms with Gasteiger partial charge in [-0.1, -0.05) is 6.07 Å². The number of hydrogen-bond donors (Lipinski definition) is 0. The second kappa shape index (κ2) is 5.03. The fraction of sp³-hybridized carbons (Fsp3) is 0.143. The van der Waals surface area contributed by atoms with Crippen LogP contribution in [0.3, 0.4) is 0 Å². The first kappa shape index (κ1) is 12.3. The smallest absolute Gasteiger partial charge is 0.268 e. The maximum atomic E-state index is 12.2. The minimum Gasteiger partial charge on any atom is -0.311 e. The van der Waals surface area contributed by atoms with Crippen molar-refractivity contribution in [2.24, 2.45) is 0 Å². The highest BCUT2D eigenvalue weighted by Crippen LogP contribution is 2.21. The summed E-state index contributed by atoms with van der Waals surface area (Å²) >= 11 is 1.47.